The molecule has 1 atom stereocenters. The Kier molecular flexibility index (Phi) is 5.06. The van der Waals surface area contributed by atoms with Gasteiger partial charge in [0.1, 0.15) is 17.5 Å². The molecule has 1 aliphatic heterocycles. The molecule has 0 bridgehead atoms. The zero-order valence-corrected chi connectivity index (χ0v) is 15.7. The molecule has 3 aromatic heterocycles. The van der Waals surface area contributed by atoms with Crippen LogP contribution in [0, 0.1) is 6.92 Å². The van der Waals surface area contributed by atoms with Crippen LogP contribution in [0.4, 0.5) is 11.6 Å². The summed E-state index contributed by atoms with van der Waals surface area (Å²) in [7, 11) is 2.04. The van der Waals surface area contributed by atoms with Crippen LogP contribution in [0.1, 0.15) is 36.0 Å². The van der Waals surface area contributed by atoms with Crippen LogP contribution >= 0.6 is 0 Å². The van der Waals surface area contributed by atoms with Gasteiger partial charge in [-0.3, -0.25) is 9.88 Å². The molecule has 1 aliphatic rings. The summed E-state index contributed by atoms with van der Waals surface area (Å²) in [6.45, 7) is 4.95. The highest BCUT2D eigenvalue weighted by Crippen LogP contribution is 2.28. The second-order valence-corrected chi connectivity index (χ2v) is 7.01. The van der Waals surface area contributed by atoms with E-state index < -0.39 is 0 Å². The summed E-state index contributed by atoms with van der Waals surface area (Å²) < 4.78 is 2.08. The largest absolute Gasteiger partial charge is 0.337 e. The summed E-state index contributed by atoms with van der Waals surface area (Å²) in [6, 6.07) is 2.04. The molecule has 140 valence electrons. The van der Waals surface area contributed by atoms with Crippen molar-refractivity contribution in [2.24, 2.45) is 7.05 Å². The highest BCUT2D eigenvalue weighted by Gasteiger charge is 2.24. The van der Waals surface area contributed by atoms with E-state index in [1.54, 1.807) is 18.6 Å². The SMILES string of the molecule is Cc1nc(Nc2cnccn2)cc([C@@H]2CCCN(Cc3cncn3C)C2)n1. The van der Waals surface area contributed by atoms with Crippen LogP contribution in [0.2, 0.25) is 0 Å². The Hall–Kier alpha value is -2.87. The Morgan fingerprint density at radius 2 is 2.07 bits per heavy atom. The molecule has 1 N–H and O–H groups in total. The summed E-state index contributed by atoms with van der Waals surface area (Å²) in [6.07, 6.45) is 11.1. The van der Waals surface area contributed by atoms with E-state index in [0.717, 1.165) is 43.4 Å². The topological polar surface area (TPSA) is 84.7 Å². The molecule has 0 aromatic carbocycles. The van der Waals surface area contributed by atoms with Crippen molar-refractivity contribution in [3.63, 3.8) is 0 Å². The number of anilines is 2. The van der Waals surface area contributed by atoms with Gasteiger partial charge in [0.25, 0.3) is 0 Å². The van der Waals surface area contributed by atoms with E-state index in [9.17, 15) is 0 Å². The van der Waals surface area contributed by atoms with Crippen LogP contribution in [0.25, 0.3) is 0 Å². The number of likely N-dealkylation sites (tertiary alicyclic amines) is 1. The van der Waals surface area contributed by atoms with E-state index in [2.05, 4.69) is 34.7 Å². The van der Waals surface area contributed by atoms with Crippen LogP contribution in [0.15, 0.2) is 37.2 Å². The molecular formula is C19H24N8. The molecule has 1 fully saturated rings. The number of piperidine rings is 1. The molecule has 0 radical (unpaired) electrons. The van der Waals surface area contributed by atoms with Crippen LogP contribution in [-0.2, 0) is 13.6 Å². The molecule has 0 aliphatic carbocycles. The first kappa shape index (κ1) is 17.5. The fraction of sp³-hybridized carbons (Fsp3) is 0.421. The standard InChI is InChI=1S/C19H24N8/c1-14-23-17(8-18(24-14)25-19-10-20-5-6-22-19)15-4-3-7-27(11-15)12-16-9-21-13-26(16)2/h5-6,8-10,13,15H,3-4,7,11-12H2,1-2H3,(H,22,23,24,25)/t15-/m1/s1. The summed E-state index contributed by atoms with van der Waals surface area (Å²) in [5, 5.41) is 3.23. The van der Waals surface area contributed by atoms with Gasteiger partial charge in [-0.25, -0.2) is 19.9 Å². The molecule has 3 aromatic rings. The number of imidazole rings is 1. The number of hydrogen-bond donors (Lipinski definition) is 1. The maximum Gasteiger partial charge on any atom is 0.150 e. The molecule has 4 heterocycles. The van der Waals surface area contributed by atoms with Crippen LogP contribution in [0.5, 0.6) is 0 Å². The maximum absolute atomic E-state index is 4.72. The number of aryl methyl sites for hydroxylation is 2. The van der Waals surface area contributed by atoms with E-state index in [0.29, 0.717) is 11.7 Å². The molecule has 0 unspecified atom stereocenters. The number of nitrogens with zero attached hydrogens (tertiary/aromatic N) is 7. The summed E-state index contributed by atoms with van der Waals surface area (Å²) in [4.78, 5) is 24.3. The van der Waals surface area contributed by atoms with Crippen molar-refractivity contribution < 1.29 is 0 Å². The first-order valence-electron chi connectivity index (χ1n) is 9.23. The Labute approximate surface area is 158 Å². The average Bonchev–Trinajstić information content (AvgIpc) is 3.07. The number of aromatic nitrogens is 6. The number of nitrogens with one attached hydrogen (secondary N) is 1. The highest BCUT2D eigenvalue weighted by molar-refractivity contribution is 5.50. The lowest BCUT2D eigenvalue weighted by atomic mass is 9.94. The van der Waals surface area contributed by atoms with E-state index >= 15 is 0 Å². The van der Waals surface area contributed by atoms with Crippen molar-refractivity contribution in [1.29, 1.82) is 0 Å². The Morgan fingerprint density at radius 1 is 1.15 bits per heavy atom. The van der Waals surface area contributed by atoms with E-state index in [-0.39, 0.29) is 0 Å². The zero-order valence-electron chi connectivity index (χ0n) is 15.7. The minimum atomic E-state index is 0.399. The molecule has 8 nitrogen and oxygen atoms in total. The lowest BCUT2D eigenvalue weighted by Crippen LogP contribution is -2.34. The van der Waals surface area contributed by atoms with Crippen molar-refractivity contribution in [1.82, 2.24) is 34.4 Å². The number of hydrogen-bond acceptors (Lipinski definition) is 7. The first-order chi connectivity index (χ1) is 13.2. The Bertz CT molecular complexity index is 892. The second kappa shape index (κ2) is 7.79. The van der Waals surface area contributed by atoms with Crippen LogP contribution in [0.3, 0.4) is 0 Å². The Morgan fingerprint density at radius 3 is 2.85 bits per heavy atom. The van der Waals surface area contributed by atoms with E-state index in [4.69, 9.17) is 4.98 Å². The van der Waals surface area contributed by atoms with Gasteiger partial charge in [-0.05, 0) is 26.3 Å². The fourth-order valence-corrected chi connectivity index (χ4v) is 3.57. The van der Waals surface area contributed by atoms with Gasteiger partial charge >= 0.3 is 0 Å². The van der Waals surface area contributed by atoms with Gasteiger partial charge in [0.2, 0.25) is 0 Å². The maximum atomic E-state index is 4.72. The first-order valence-corrected chi connectivity index (χ1v) is 9.23. The lowest BCUT2D eigenvalue weighted by molar-refractivity contribution is 0.195. The van der Waals surface area contributed by atoms with Crippen molar-refractivity contribution in [3.8, 4) is 0 Å². The predicted octanol–water partition coefficient (Wildman–Crippen LogP) is 2.43. The monoisotopic (exact) mass is 364 g/mol. The smallest absolute Gasteiger partial charge is 0.150 e. The van der Waals surface area contributed by atoms with Crippen LogP contribution < -0.4 is 5.32 Å². The highest BCUT2D eigenvalue weighted by atomic mass is 15.2. The van der Waals surface area contributed by atoms with Crippen molar-refractivity contribution >= 4 is 11.6 Å². The van der Waals surface area contributed by atoms with Gasteiger partial charge in [0, 0.05) is 50.7 Å². The van der Waals surface area contributed by atoms with Gasteiger partial charge in [0.05, 0.1) is 23.9 Å². The minimum absolute atomic E-state index is 0.399. The van der Waals surface area contributed by atoms with Gasteiger partial charge < -0.3 is 9.88 Å². The molecular weight excluding hydrogens is 340 g/mol. The minimum Gasteiger partial charge on any atom is -0.337 e. The van der Waals surface area contributed by atoms with Crippen molar-refractivity contribution in [2.75, 3.05) is 18.4 Å². The molecule has 1 saturated heterocycles. The van der Waals surface area contributed by atoms with Gasteiger partial charge in [-0.15, -0.1) is 0 Å². The van der Waals surface area contributed by atoms with Crippen molar-refractivity contribution in [3.05, 3.63) is 54.4 Å². The Balaban J connectivity index is 1.49. The predicted molar refractivity (Wildman–Crippen MR) is 103 cm³/mol. The zero-order chi connectivity index (χ0) is 18.6. The fourth-order valence-electron chi connectivity index (χ4n) is 3.57. The molecule has 0 spiro atoms. The van der Waals surface area contributed by atoms with E-state index in [1.165, 1.54) is 12.1 Å². The third-order valence-electron chi connectivity index (χ3n) is 4.90. The summed E-state index contributed by atoms with van der Waals surface area (Å²) >= 11 is 0. The molecule has 0 amide bonds. The molecule has 8 heteroatoms. The molecule has 4 rings (SSSR count). The quantitative estimate of drug-likeness (QED) is 0.744. The van der Waals surface area contributed by atoms with Gasteiger partial charge in [-0.1, -0.05) is 0 Å². The van der Waals surface area contributed by atoms with Crippen LogP contribution in [-0.4, -0.2) is 47.5 Å². The third kappa shape index (κ3) is 4.28. The van der Waals surface area contributed by atoms with Gasteiger partial charge in [0.15, 0.2) is 0 Å². The lowest BCUT2D eigenvalue weighted by Gasteiger charge is -2.32. The average molecular weight is 364 g/mol. The second-order valence-electron chi connectivity index (χ2n) is 7.01. The third-order valence-corrected chi connectivity index (χ3v) is 4.90. The molecule has 27 heavy (non-hydrogen) atoms. The van der Waals surface area contributed by atoms with Gasteiger partial charge in [-0.2, -0.15) is 0 Å². The molecule has 0 saturated carbocycles. The normalized spacial score (nSPS) is 17.8. The summed E-state index contributed by atoms with van der Waals surface area (Å²) in [5.74, 6) is 2.61. The number of rotatable bonds is 5. The van der Waals surface area contributed by atoms with E-state index in [1.807, 2.05) is 32.6 Å². The summed E-state index contributed by atoms with van der Waals surface area (Å²) in [5.41, 5.74) is 2.32. The van der Waals surface area contributed by atoms with Crippen molar-refractivity contribution in [2.45, 2.75) is 32.2 Å².